The highest BCUT2D eigenvalue weighted by atomic mass is 32.2. The van der Waals surface area contributed by atoms with Crippen molar-refractivity contribution < 1.29 is 31.9 Å². The molecule has 1 aliphatic rings. The lowest BCUT2D eigenvalue weighted by atomic mass is 10.0. The van der Waals surface area contributed by atoms with Crippen molar-refractivity contribution in [3.05, 3.63) is 113 Å². The minimum atomic E-state index is -3.73. The first-order valence-electron chi connectivity index (χ1n) is 13.7. The number of anilines is 1. The topological polar surface area (TPSA) is 155 Å². The molecule has 1 atom stereocenters. The minimum absolute atomic E-state index is 0.0417. The number of nitrogens with zero attached hydrogens (tertiary/aromatic N) is 4. The smallest absolute Gasteiger partial charge is 0.269 e. The second-order valence-corrected chi connectivity index (χ2v) is 12.3. The van der Waals surface area contributed by atoms with E-state index in [-0.39, 0.29) is 44.5 Å². The average molecular weight is 631 g/mol. The van der Waals surface area contributed by atoms with Crippen LogP contribution in [0.2, 0.25) is 0 Å². The van der Waals surface area contributed by atoms with Crippen LogP contribution in [0.15, 0.2) is 89.0 Å². The molecular weight excluding hydrogens is 606 g/mol. The molecule has 0 bridgehead atoms. The molecule has 0 fully saturated rings. The summed E-state index contributed by atoms with van der Waals surface area (Å²) < 4.78 is 56.2. The van der Waals surface area contributed by atoms with Gasteiger partial charge in [-0.3, -0.25) is 9.59 Å². The van der Waals surface area contributed by atoms with Gasteiger partial charge in [0.05, 0.1) is 28.7 Å². The number of carbonyl (C=O) groups excluding carboxylic acids is 2. The SMILES string of the molecule is CCS(=O)(=O)c1ccc(-c2nn3cc(CO)cnc3c2C(=O)N[C@H]2N=C(c3ccccc3)c3cccc(F)c3NC2=O)c(F)c1. The summed E-state index contributed by atoms with van der Waals surface area (Å²) in [5.41, 5.74) is 0.613. The summed E-state index contributed by atoms with van der Waals surface area (Å²) in [4.78, 5) is 35.8. The largest absolute Gasteiger partial charge is 0.392 e. The third-order valence-corrected chi connectivity index (χ3v) is 8.94. The molecule has 2 amide bonds. The van der Waals surface area contributed by atoms with Gasteiger partial charge in [0.15, 0.2) is 15.5 Å². The van der Waals surface area contributed by atoms with E-state index in [1.165, 1.54) is 48.1 Å². The molecule has 0 saturated carbocycles. The number of hydrogen-bond donors (Lipinski definition) is 3. The van der Waals surface area contributed by atoms with Crippen LogP contribution >= 0.6 is 0 Å². The number of amides is 2. The fourth-order valence-corrected chi connectivity index (χ4v) is 5.81. The molecule has 2 aromatic heterocycles. The first kappa shape index (κ1) is 29.7. The van der Waals surface area contributed by atoms with Gasteiger partial charge in [-0.05, 0) is 24.3 Å². The number of aliphatic hydroxyl groups is 1. The van der Waals surface area contributed by atoms with Crippen molar-refractivity contribution in [2.45, 2.75) is 24.6 Å². The van der Waals surface area contributed by atoms with Crippen LogP contribution in [0.3, 0.4) is 0 Å². The van der Waals surface area contributed by atoms with E-state index in [0.29, 0.717) is 16.7 Å². The van der Waals surface area contributed by atoms with E-state index in [1.807, 2.05) is 0 Å². The predicted octanol–water partition coefficient (Wildman–Crippen LogP) is 3.51. The molecule has 228 valence electrons. The van der Waals surface area contributed by atoms with Crippen molar-refractivity contribution in [3.63, 3.8) is 0 Å². The normalized spacial score (nSPS) is 14.8. The zero-order valence-corrected chi connectivity index (χ0v) is 24.3. The molecule has 11 nitrogen and oxygen atoms in total. The van der Waals surface area contributed by atoms with E-state index in [9.17, 15) is 27.5 Å². The van der Waals surface area contributed by atoms with Crippen LogP contribution in [0.1, 0.15) is 34.0 Å². The first-order valence-corrected chi connectivity index (χ1v) is 15.3. The maximum absolute atomic E-state index is 15.5. The summed E-state index contributed by atoms with van der Waals surface area (Å²) >= 11 is 0. The third-order valence-electron chi connectivity index (χ3n) is 7.21. The number of aromatic nitrogens is 3. The maximum Gasteiger partial charge on any atom is 0.269 e. The number of nitrogens with one attached hydrogen (secondary N) is 2. The van der Waals surface area contributed by atoms with E-state index in [0.717, 1.165) is 6.07 Å². The Balaban J connectivity index is 1.47. The fourth-order valence-electron chi connectivity index (χ4n) is 4.92. The highest BCUT2D eigenvalue weighted by Crippen LogP contribution is 2.31. The van der Waals surface area contributed by atoms with Gasteiger partial charge >= 0.3 is 0 Å². The lowest BCUT2D eigenvalue weighted by Crippen LogP contribution is -2.42. The lowest BCUT2D eigenvalue weighted by molar-refractivity contribution is -0.117. The van der Waals surface area contributed by atoms with Gasteiger partial charge in [-0.2, -0.15) is 5.10 Å². The Kier molecular flexibility index (Phi) is 7.68. The number of sulfone groups is 1. The van der Waals surface area contributed by atoms with Gasteiger partial charge in [0, 0.05) is 34.6 Å². The molecule has 0 spiro atoms. The molecule has 3 aromatic carbocycles. The van der Waals surface area contributed by atoms with E-state index in [2.05, 4.69) is 25.7 Å². The van der Waals surface area contributed by atoms with E-state index in [4.69, 9.17) is 0 Å². The first-order chi connectivity index (χ1) is 21.6. The number of benzene rings is 3. The Morgan fingerprint density at radius 1 is 1.04 bits per heavy atom. The van der Waals surface area contributed by atoms with Gasteiger partial charge in [0.25, 0.3) is 11.8 Å². The number of hydrogen-bond acceptors (Lipinski definition) is 8. The monoisotopic (exact) mass is 630 g/mol. The van der Waals surface area contributed by atoms with Gasteiger partial charge < -0.3 is 15.7 Å². The highest BCUT2D eigenvalue weighted by Gasteiger charge is 2.32. The van der Waals surface area contributed by atoms with E-state index < -0.39 is 46.1 Å². The molecule has 3 N–H and O–H groups in total. The number of carbonyl (C=O) groups is 2. The van der Waals surface area contributed by atoms with Crippen LogP contribution in [0.4, 0.5) is 14.5 Å². The Morgan fingerprint density at radius 2 is 1.82 bits per heavy atom. The van der Waals surface area contributed by atoms with Gasteiger partial charge in [0.1, 0.15) is 22.9 Å². The quantitative estimate of drug-likeness (QED) is 0.249. The Labute approximate surface area is 255 Å². The van der Waals surface area contributed by atoms with Gasteiger partial charge in [-0.1, -0.05) is 49.4 Å². The molecular formula is C31H24F2N6O5S. The number of aliphatic hydroxyl groups excluding tert-OH is 1. The Hall–Kier alpha value is -5.34. The summed E-state index contributed by atoms with van der Waals surface area (Å²) in [7, 11) is -3.73. The molecule has 3 heterocycles. The molecule has 6 rings (SSSR count). The molecule has 5 aromatic rings. The zero-order chi connectivity index (χ0) is 31.9. The van der Waals surface area contributed by atoms with Crippen molar-refractivity contribution in [1.29, 1.82) is 0 Å². The standard InChI is InChI=1S/C31H24F2N6O5S/c1-2-45(43,44)19-11-12-20(23(33)13-19)27-24(29-34-14-17(16-40)15-39(29)38-27)30(41)37-28-31(42)36-26-21(9-6-10-22(26)32)25(35-28)18-7-4-3-5-8-18/h3-15,28,40H,2,16H2,1H3,(H,36,42)(H,37,41)/t28-/m1/s1. The van der Waals surface area contributed by atoms with Crippen molar-refractivity contribution >= 4 is 38.7 Å². The number of para-hydroxylation sites is 1. The zero-order valence-electron chi connectivity index (χ0n) is 23.5. The fraction of sp³-hybridized carbons (Fsp3) is 0.129. The lowest BCUT2D eigenvalue weighted by Gasteiger charge is -2.14. The molecule has 0 saturated heterocycles. The molecule has 14 heteroatoms. The molecule has 0 unspecified atom stereocenters. The van der Waals surface area contributed by atoms with E-state index >= 15 is 4.39 Å². The molecule has 0 radical (unpaired) electrons. The van der Waals surface area contributed by atoms with E-state index in [1.54, 1.807) is 36.4 Å². The highest BCUT2D eigenvalue weighted by molar-refractivity contribution is 7.91. The number of halogens is 2. The van der Waals surface area contributed by atoms with Crippen LogP contribution in [0, 0.1) is 11.6 Å². The summed E-state index contributed by atoms with van der Waals surface area (Å²) in [6, 6.07) is 16.2. The van der Waals surface area contributed by atoms with Crippen LogP contribution in [-0.2, 0) is 21.2 Å². The van der Waals surface area contributed by atoms with Crippen molar-refractivity contribution in [3.8, 4) is 11.3 Å². The molecule has 45 heavy (non-hydrogen) atoms. The van der Waals surface area contributed by atoms with Gasteiger partial charge in [-0.25, -0.2) is 31.7 Å². The number of benzodiazepines with no additional fused rings is 1. The van der Waals surface area contributed by atoms with Crippen molar-refractivity contribution in [1.82, 2.24) is 19.9 Å². The van der Waals surface area contributed by atoms with Gasteiger partial charge in [-0.15, -0.1) is 0 Å². The molecule has 0 aliphatic carbocycles. The number of fused-ring (bicyclic) bond motifs is 2. The van der Waals surface area contributed by atoms with Crippen molar-refractivity contribution in [2.24, 2.45) is 4.99 Å². The second kappa shape index (κ2) is 11.6. The maximum atomic E-state index is 15.5. The predicted molar refractivity (Wildman–Crippen MR) is 160 cm³/mol. The van der Waals surface area contributed by atoms with Crippen LogP contribution in [0.25, 0.3) is 16.9 Å². The number of aliphatic imine (C=N–C) groups is 1. The Bertz CT molecular complexity index is 2130. The molecule has 1 aliphatic heterocycles. The summed E-state index contributed by atoms with van der Waals surface area (Å²) in [6.07, 6.45) is 1.12. The minimum Gasteiger partial charge on any atom is -0.392 e. The van der Waals surface area contributed by atoms with Gasteiger partial charge in [0.2, 0.25) is 6.17 Å². The van der Waals surface area contributed by atoms with Crippen LogP contribution < -0.4 is 10.6 Å². The van der Waals surface area contributed by atoms with Crippen LogP contribution in [0.5, 0.6) is 0 Å². The summed E-state index contributed by atoms with van der Waals surface area (Å²) in [6.45, 7) is 1.03. The average Bonchev–Trinajstić information content (AvgIpc) is 3.35. The van der Waals surface area contributed by atoms with Crippen molar-refractivity contribution in [2.75, 3.05) is 11.1 Å². The third kappa shape index (κ3) is 5.45. The second-order valence-electron chi connectivity index (χ2n) is 10.0. The van der Waals surface area contributed by atoms with Crippen LogP contribution in [-0.4, -0.2) is 57.6 Å². The number of rotatable bonds is 7. The summed E-state index contributed by atoms with van der Waals surface area (Å²) in [5, 5.41) is 19.0. The Morgan fingerprint density at radius 3 is 2.53 bits per heavy atom. The summed E-state index contributed by atoms with van der Waals surface area (Å²) in [5.74, 6) is -3.67.